The van der Waals surface area contributed by atoms with Crippen LogP contribution in [0.3, 0.4) is 0 Å². The van der Waals surface area contributed by atoms with Crippen LogP contribution in [0.2, 0.25) is 0 Å². The van der Waals surface area contributed by atoms with Gasteiger partial charge in [-0.25, -0.2) is 4.98 Å². The van der Waals surface area contributed by atoms with E-state index in [-0.39, 0.29) is 11.9 Å². The van der Waals surface area contributed by atoms with Crippen LogP contribution in [0.25, 0.3) is 10.2 Å². The van der Waals surface area contributed by atoms with Gasteiger partial charge in [0.1, 0.15) is 9.71 Å². The van der Waals surface area contributed by atoms with Crippen molar-refractivity contribution in [2.24, 2.45) is 11.8 Å². The number of carbonyl (C=O) groups excluding carboxylic acids is 1. The number of pyridine rings is 1. The first-order valence-corrected chi connectivity index (χ1v) is 8.25. The van der Waals surface area contributed by atoms with Gasteiger partial charge in [0.15, 0.2) is 0 Å². The maximum Gasteiger partial charge on any atom is 0.263 e. The predicted octanol–water partition coefficient (Wildman–Crippen LogP) is 3.35. The predicted molar refractivity (Wildman–Crippen MR) is 87.6 cm³/mol. The van der Waals surface area contributed by atoms with Crippen molar-refractivity contribution in [1.29, 1.82) is 0 Å². The molecule has 1 saturated carbocycles. The molecule has 2 aromatic rings. The summed E-state index contributed by atoms with van der Waals surface area (Å²) in [6.07, 6.45) is 2.23. The Morgan fingerprint density at radius 1 is 1.38 bits per heavy atom. The number of hydrogen-bond donors (Lipinski definition) is 2. The summed E-state index contributed by atoms with van der Waals surface area (Å²) in [4.78, 5) is 18.4. The standard InChI is InChI=1S/C16H21N3OS/c1-8-4-7-12(10(8)3)19-15(20)14-13(17)11-6-5-9(2)18-16(11)21-14/h5-6,8,10,12H,4,7,17H2,1-3H3,(H,19,20). The monoisotopic (exact) mass is 303 g/mol. The van der Waals surface area contributed by atoms with Gasteiger partial charge in [-0.2, -0.15) is 0 Å². The SMILES string of the molecule is Cc1ccc2c(N)c(C(=O)NC3CCC(C)C3C)sc2n1. The van der Waals surface area contributed by atoms with Crippen molar-refractivity contribution in [3.05, 3.63) is 22.7 Å². The number of amides is 1. The van der Waals surface area contributed by atoms with Crippen LogP contribution < -0.4 is 11.1 Å². The van der Waals surface area contributed by atoms with E-state index >= 15 is 0 Å². The van der Waals surface area contributed by atoms with E-state index in [0.717, 1.165) is 22.3 Å². The summed E-state index contributed by atoms with van der Waals surface area (Å²) < 4.78 is 0. The fourth-order valence-corrected chi connectivity index (χ4v) is 4.10. The van der Waals surface area contributed by atoms with Gasteiger partial charge in [-0.3, -0.25) is 4.79 Å². The molecule has 0 radical (unpaired) electrons. The van der Waals surface area contributed by atoms with E-state index < -0.39 is 0 Å². The van der Waals surface area contributed by atoms with Crippen molar-refractivity contribution >= 4 is 33.1 Å². The highest BCUT2D eigenvalue weighted by molar-refractivity contribution is 7.21. The highest BCUT2D eigenvalue weighted by atomic mass is 32.1. The van der Waals surface area contributed by atoms with Gasteiger partial charge < -0.3 is 11.1 Å². The van der Waals surface area contributed by atoms with Gasteiger partial charge in [0.25, 0.3) is 5.91 Å². The number of fused-ring (bicyclic) bond motifs is 1. The molecule has 2 heterocycles. The molecule has 4 nitrogen and oxygen atoms in total. The Morgan fingerprint density at radius 2 is 2.14 bits per heavy atom. The molecule has 5 heteroatoms. The van der Waals surface area contributed by atoms with Gasteiger partial charge >= 0.3 is 0 Å². The zero-order valence-corrected chi connectivity index (χ0v) is 13.5. The summed E-state index contributed by atoms with van der Waals surface area (Å²) in [6.45, 7) is 6.40. The van der Waals surface area contributed by atoms with Crippen molar-refractivity contribution in [1.82, 2.24) is 10.3 Å². The Labute approximate surface area is 128 Å². The van der Waals surface area contributed by atoms with Crippen molar-refractivity contribution in [3.63, 3.8) is 0 Å². The van der Waals surface area contributed by atoms with Crippen LogP contribution in [-0.2, 0) is 0 Å². The summed E-state index contributed by atoms with van der Waals surface area (Å²) in [7, 11) is 0. The minimum Gasteiger partial charge on any atom is -0.397 e. The Balaban J connectivity index is 1.86. The normalized spacial score (nSPS) is 25.4. The minimum atomic E-state index is -0.0564. The third-order valence-electron chi connectivity index (χ3n) is 4.72. The molecule has 1 aliphatic carbocycles. The van der Waals surface area contributed by atoms with Crippen LogP contribution in [0.4, 0.5) is 5.69 Å². The summed E-state index contributed by atoms with van der Waals surface area (Å²) in [5.74, 6) is 1.13. The lowest BCUT2D eigenvalue weighted by atomic mass is 9.98. The molecule has 0 aliphatic heterocycles. The molecule has 0 bridgehead atoms. The van der Waals surface area contributed by atoms with E-state index in [1.165, 1.54) is 17.8 Å². The fraction of sp³-hybridized carbons (Fsp3) is 0.500. The number of thiophene rings is 1. The number of hydrogen-bond acceptors (Lipinski definition) is 4. The van der Waals surface area contributed by atoms with Crippen LogP contribution in [0.1, 0.15) is 42.1 Å². The Bertz CT molecular complexity index is 694. The first-order valence-electron chi connectivity index (χ1n) is 7.44. The zero-order valence-electron chi connectivity index (χ0n) is 12.6. The molecule has 0 saturated heterocycles. The smallest absolute Gasteiger partial charge is 0.263 e. The number of nitrogens with two attached hydrogens (primary N) is 1. The van der Waals surface area contributed by atoms with E-state index in [1.54, 1.807) is 0 Å². The van der Waals surface area contributed by atoms with Gasteiger partial charge in [-0.15, -0.1) is 11.3 Å². The van der Waals surface area contributed by atoms with Crippen LogP contribution in [-0.4, -0.2) is 16.9 Å². The number of nitrogens with one attached hydrogen (secondary N) is 1. The fourth-order valence-electron chi connectivity index (χ4n) is 3.06. The van der Waals surface area contributed by atoms with Gasteiger partial charge in [0.2, 0.25) is 0 Å². The summed E-state index contributed by atoms with van der Waals surface area (Å²) in [5, 5.41) is 4.03. The molecular weight excluding hydrogens is 282 g/mol. The Kier molecular flexibility index (Phi) is 3.61. The second-order valence-corrected chi connectivity index (χ2v) is 7.14. The lowest BCUT2D eigenvalue weighted by Crippen LogP contribution is -2.37. The lowest BCUT2D eigenvalue weighted by Gasteiger charge is -2.19. The van der Waals surface area contributed by atoms with E-state index in [4.69, 9.17) is 5.73 Å². The highest BCUT2D eigenvalue weighted by Crippen LogP contribution is 2.34. The molecule has 1 amide bonds. The maximum atomic E-state index is 12.5. The first kappa shape index (κ1) is 14.3. The Hall–Kier alpha value is -1.62. The molecular formula is C16H21N3OS. The molecule has 1 aliphatic rings. The van der Waals surface area contributed by atoms with Gasteiger partial charge in [0.05, 0.1) is 5.69 Å². The Morgan fingerprint density at radius 3 is 2.81 bits per heavy atom. The van der Waals surface area contributed by atoms with Crippen LogP contribution in [0.5, 0.6) is 0 Å². The summed E-state index contributed by atoms with van der Waals surface area (Å²) in [5.41, 5.74) is 7.63. The third kappa shape index (κ3) is 2.50. The molecule has 21 heavy (non-hydrogen) atoms. The molecule has 112 valence electrons. The largest absolute Gasteiger partial charge is 0.397 e. The molecule has 0 aromatic carbocycles. The van der Waals surface area contributed by atoms with Crippen LogP contribution in [0.15, 0.2) is 12.1 Å². The highest BCUT2D eigenvalue weighted by Gasteiger charge is 2.31. The number of aryl methyl sites for hydroxylation is 1. The van der Waals surface area contributed by atoms with Crippen molar-refractivity contribution in [3.8, 4) is 0 Å². The van der Waals surface area contributed by atoms with Gasteiger partial charge in [-0.1, -0.05) is 13.8 Å². The molecule has 2 aromatic heterocycles. The molecule has 3 unspecified atom stereocenters. The summed E-state index contributed by atoms with van der Waals surface area (Å²) in [6, 6.07) is 4.13. The molecule has 3 rings (SSSR count). The molecule has 3 N–H and O–H groups in total. The molecule has 0 spiro atoms. The van der Waals surface area contributed by atoms with Crippen molar-refractivity contribution < 1.29 is 4.79 Å². The average molecular weight is 303 g/mol. The maximum absolute atomic E-state index is 12.5. The topological polar surface area (TPSA) is 68.0 Å². The minimum absolute atomic E-state index is 0.0564. The lowest BCUT2D eigenvalue weighted by molar-refractivity contribution is 0.0932. The van der Waals surface area contributed by atoms with Gasteiger partial charge in [-0.05, 0) is 43.7 Å². The number of rotatable bonds is 2. The average Bonchev–Trinajstić information content (AvgIpc) is 2.93. The van der Waals surface area contributed by atoms with Crippen molar-refractivity contribution in [2.45, 2.75) is 39.7 Å². The quantitative estimate of drug-likeness (QED) is 0.894. The van der Waals surface area contributed by atoms with E-state index in [9.17, 15) is 4.79 Å². The van der Waals surface area contributed by atoms with Crippen molar-refractivity contribution in [2.75, 3.05) is 5.73 Å². The number of carbonyl (C=O) groups is 1. The zero-order chi connectivity index (χ0) is 15.1. The number of anilines is 1. The number of aromatic nitrogens is 1. The third-order valence-corrected chi connectivity index (χ3v) is 5.84. The second kappa shape index (κ2) is 5.30. The second-order valence-electron chi connectivity index (χ2n) is 6.14. The number of nitrogen functional groups attached to an aromatic ring is 1. The number of nitrogens with zero attached hydrogens (tertiary/aromatic N) is 1. The molecule has 3 atom stereocenters. The van der Waals surface area contributed by atoms with Crippen LogP contribution >= 0.6 is 11.3 Å². The van der Waals surface area contributed by atoms with E-state index in [1.807, 2.05) is 19.1 Å². The molecule has 1 fully saturated rings. The summed E-state index contributed by atoms with van der Waals surface area (Å²) >= 11 is 1.38. The van der Waals surface area contributed by atoms with Gasteiger partial charge in [0, 0.05) is 17.1 Å². The first-order chi connectivity index (χ1) is 9.97. The van der Waals surface area contributed by atoms with Crippen LogP contribution in [0, 0.1) is 18.8 Å². The van der Waals surface area contributed by atoms with E-state index in [0.29, 0.717) is 22.4 Å². The van der Waals surface area contributed by atoms with E-state index in [2.05, 4.69) is 24.1 Å².